The van der Waals surface area contributed by atoms with Gasteiger partial charge in [0.25, 0.3) is 0 Å². The lowest BCUT2D eigenvalue weighted by atomic mass is 10.2. The second-order valence-corrected chi connectivity index (χ2v) is 9.54. The van der Waals surface area contributed by atoms with Gasteiger partial charge in [0, 0.05) is 9.86 Å². The highest BCUT2D eigenvalue weighted by Gasteiger charge is 2.14. The molecule has 3 aromatic rings. The molecule has 0 bridgehead atoms. The second kappa shape index (κ2) is 8.73. The van der Waals surface area contributed by atoms with Crippen LogP contribution in [0, 0.1) is 10.7 Å². The molecule has 0 aliphatic carbocycles. The van der Waals surface area contributed by atoms with Crippen molar-refractivity contribution in [1.29, 1.82) is 0 Å². The van der Waals surface area contributed by atoms with Crippen molar-refractivity contribution in [3.8, 4) is 5.75 Å². The molecule has 0 saturated heterocycles. The van der Waals surface area contributed by atoms with Crippen LogP contribution in [-0.4, -0.2) is 19.2 Å². The summed E-state index contributed by atoms with van der Waals surface area (Å²) in [5.74, 6) is 0.643. The average molecular weight is 751 g/mol. The molecule has 5 nitrogen and oxygen atoms in total. The third kappa shape index (κ3) is 4.52. The summed E-state index contributed by atoms with van der Waals surface area (Å²) in [4.78, 5) is 12.3. The van der Waals surface area contributed by atoms with Crippen molar-refractivity contribution >= 4 is 107 Å². The Kier molecular flexibility index (Phi) is 6.83. The maximum Gasteiger partial charge on any atom is 0.307 e. The highest BCUT2D eigenvalue weighted by molar-refractivity contribution is 14.1. The fraction of sp³-hybridized carbons (Fsp3) is 0.0588. The number of hydrazone groups is 1. The van der Waals surface area contributed by atoms with E-state index in [1.807, 2.05) is 24.3 Å². The molecule has 1 aromatic heterocycles. The van der Waals surface area contributed by atoms with Crippen molar-refractivity contribution in [1.82, 2.24) is 5.43 Å². The Labute approximate surface area is 198 Å². The first-order valence-electron chi connectivity index (χ1n) is 7.14. The highest BCUT2D eigenvalue weighted by atomic mass is 127. The van der Waals surface area contributed by atoms with Gasteiger partial charge in [-0.3, -0.25) is 4.79 Å². The van der Waals surface area contributed by atoms with E-state index in [1.165, 1.54) is 0 Å². The SMILES string of the molecule is COc1c(I)cc(/C=N\NC(=O)c2cc3cc(Br)cc(I)c3o2)cc1I. The molecule has 134 valence electrons. The molecule has 1 heterocycles. The van der Waals surface area contributed by atoms with Gasteiger partial charge in [0.1, 0.15) is 11.3 Å². The maximum absolute atomic E-state index is 12.3. The van der Waals surface area contributed by atoms with Crippen LogP contribution < -0.4 is 10.2 Å². The lowest BCUT2D eigenvalue weighted by Gasteiger charge is -2.06. The zero-order valence-electron chi connectivity index (χ0n) is 13.1. The van der Waals surface area contributed by atoms with Crippen LogP contribution in [-0.2, 0) is 0 Å². The van der Waals surface area contributed by atoms with E-state index in [0.717, 1.165) is 31.9 Å². The Bertz CT molecular complexity index is 1010. The smallest absolute Gasteiger partial charge is 0.307 e. The Morgan fingerprint density at radius 1 is 1.15 bits per heavy atom. The van der Waals surface area contributed by atoms with E-state index in [2.05, 4.69) is 94.2 Å². The van der Waals surface area contributed by atoms with Crippen molar-refractivity contribution in [2.75, 3.05) is 7.11 Å². The minimum atomic E-state index is -0.401. The minimum absolute atomic E-state index is 0.215. The van der Waals surface area contributed by atoms with Crippen molar-refractivity contribution in [2.45, 2.75) is 0 Å². The number of nitrogens with one attached hydrogen (secondary N) is 1. The number of rotatable bonds is 4. The third-order valence-electron chi connectivity index (χ3n) is 3.36. The van der Waals surface area contributed by atoms with Crippen LogP contribution in [0.1, 0.15) is 16.1 Å². The first-order chi connectivity index (χ1) is 12.4. The van der Waals surface area contributed by atoms with Gasteiger partial charge in [0.2, 0.25) is 0 Å². The Morgan fingerprint density at radius 2 is 1.85 bits per heavy atom. The lowest BCUT2D eigenvalue weighted by Crippen LogP contribution is -2.16. The van der Waals surface area contributed by atoms with E-state index < -0.39 is 5.91 Å². The molecule has 2 aromatic carbocycles. The number of benzene rings is 2. The number of hydrogen-bond acceptors (Lipinski definition) is 4. The molecule has 1 amide bonds. The molecule has 0 aliphatic rings. The molecule has 0 spiro atoms. The Balaban J connectivity index is 1.77. The van der Waals surface area contributed by atoms with Crippen LogP contribution in [0.3, 0.4) is 0 Å². The largest absolute Gasteiger partial charge is 0.495 e. The van der Waals surface area contributed by atoms with Crippen LogP contribution in [0.2, 0.25) is 0 Å². The van der Waals surface area contributed by atoms with Gasteiger partial charge in [-0.25, -0.2) is 5.43 Å². The molecule has 0 fully saturated rings. The molecular weight excluding hydrogens is 741 g/mol. The Hall–Kier alpha value is -0.410. The third-order valence-corrected chi connectivity index (χ3v) is 6.23. The summed E-state index contributed by atoms with van der Waals surface area (Å²) in [7, 11) is 1.64. The number of ether oxygens (including phenoxy) is 1. The predicted octanol–water partition coefficient (Wildman–Crippen LogP) is 5.78. The van der Waals surface area contributed by atoms with Crippen molar-refractivity contribution in [2.24, 2.45) is 5.10 Å². The van der Waals surface area contributed by atoms with E-state index in [4.69, 9.17) is 9.15 Å². The first kappa shape index (κ1) is 20.3. The highest BCUT2D eigenvalue weighted by Crippen LogP contribution is 2.29. The fourth-order valence-corrected chi connectivity index (χ4v) is 6.17. The zero-order valence-corrected chi connectivity index (χ0v) is 21.2. The van der Waals surface area contributed by atoms with E-state index in [9.17, 15) is 4.79 Å². The van der Waals surface area contributed by atoms with Gasteiger partial charge in [-0.2, -0.15) is 5.10 Å². The molecule has 0 aliphatic heterocycles. The first-order valence-corrected chi connectivity index (χ1v) is 11.2. The topological polar surface area (TPSA) is 63.8 Å². The van der Waals surface area contributed by atoms with Gasteiger partial charge >= 0.3 is 5.91 Å². The maximum atomic E-state index is 12.3. The summed E-state index contributed by atoms with van der Waals surface area (Å²) in [5.41, 5.74) is 4.04. The van der Waals surface area contributed by atoms with E-state index in [1.54, 1.807) is 19.4 Å². The summed E-state index contributed by atoms with van der Waals surface area (Å²) < 4.78 is 14.8. The standard InChI is InChI=1S/C17H10BrI3N2O3/c1-25-16-11(19)2-8(3-12(16)20)7-22-23-17(24)14-5-9-4-10(18)6-13(21)15(9)26-14/h2-7H,1H3,(H,23,24)/b22-7-. The van der Waals surface area contributed by atoms with Gasteiger partial charge < -0.3 is 9.15 Å². The minimum Gasteiger partial charge on any atom is -0.495 e. The number of carbonyl (C=O) groups excluding carboxylic acids is 1. The summed E-state index contributed by atoms with van der Waals surface area (Å²) in [6, 6.07) is 9.39. The van der Waals surface area contributed by atoms with Crippen molar-refractivity contribution in [3.05, 3.63) is 56.8 Å². The molecule has 0 saturated carbocycles. The average Bonchev–Trinajstić information content (AvgIpc) is 2.99. The number of halogens is 4. The normalized spacial score (nSPS) is 11.3. The molecule has 9 heteroatoms. The van der Waals surface area contributed by atoms with E-state index >= 15 is 0 Å². The fourth-order valence-electron chi connectivity index (χ4n) is 2.26. The van der Waals surface area contributed by atoms with Crippen LogP contribution >= 0.6 is 83.7 Å². The number of fused-ring (bicyclic) bond motifs is 1. The Morgan fingerprint density at radius 3 is 2.50 bits per heavy atom. The van der Waals surface area contributed by atoms with Crippen LogP contribution in [0.4, 0.5) is 0 Å². The van der Waals surface area contributed by atoms with Crippen LogP contribution in [0.15, 0.2) is 44.3 Å². The molecule has 0 unspecified atom stereocenters. The molecule has 0 atom stereocenters. The summed E-state index contributed by atoms with van der Waals surface area (Å²) >= 11 is 10.0. The monoisotopic (exact) mass is 750 g/mol. The molecule has 3 rings (SSSR count). The number of carbonyl (C=O) groups is 1. The van der Waals surface area contributed by atoms with Crippen molar-refractivity contribution < 1.29 is 13.9 Å². The number of methoxy groups -OCH3 is 1. The van der Waals surface area contributed by atoms with Crippen LogP contribution in [0.25, 0.3) is 11.0 Å². The van der Waals surface area contributed by atoms with Gasteiger partial charge in [0.05, 0.1) is 24.0 Å². The summed E-state index contributed by atoms with van der Waals surface area (Å²) in [6.45, 7) is 0. The number of amides is 1. The quantitative estimate of drug-likeness (QED) is 0.209. The second-order valence-electron chi connectivity index (χ2n) is 5.13. The van der Waals surface area contributed by atoms with Gasteiger partial charge in [-0.15, -0.1) is 0 Å². The van der Waals surface area contributed by atoms with Gasteiger partial charge in [-0.1, -0.05) is 15.9 Å². The number of furan rings is 1. The zero-order chi connectivity index (χ0) is 18.8. The van der Waals surface area contributed by atoms with Crippen molar-refractivity contribution in [3.63, 3.8) is 0 Å². The van der Waals surface area contributed by atoms with Gasteiger partial charge in [-0.05, 0) is 104 Å². The van der Waals surface area contributed by atoms with E-state index in [-0.39, 0.29) is 5.76 Å². The molecular formula is C17H10BrI3N2O3. The van der Waals surface area contributed by atoms with Gasteiger partial charge in [0.15, 0.2) is 5.76 Å². The van der Waals surface area contributed by atoms with E-state index in [0.29, 0.717) is 5.58 Å². The molecule has 1 N–H and O–H groups in total. The lowest BCUT2D eigenvalue weighted by molar-refractivity contribution is 0.0929. The summed E-state index contributed by atoms with van der Waals surface area (Å²) in [6.07, 6.45) is 1.59. The summed E-state index contributed by atoms with van der Waals surface area (Å²) in [5, 5.41) is 4.88. The number of nitrogens with zero attached hydrogens (tertiary/aromatic N) is 1. The number of hydrogen-bond donors (Lipinski definition) is 1. The predicted molar refractivity (Wildman–Crippen MR) is 130 cm³/mol. The molecule has 0 radical (unpaired) electrons. The van der Waals surface area contributed by atoms with Crippen LogP contribution in [0.5, 0.6) is 5.75 Å². The molecule has 26 heavy (non-hydrogen) atoms.